The molecule has 18 heavy (non-hydrogen) atoms. The van der Waals surface area contributed by atoms with E-state index in [-0.39, 0.29) is 6.04 Å². The molecule has 2 atom stereocenters. The van der Waals surface area contributed by atoms with Crippen LogP contribution in [0.1, 0.15) is 17.2 Å². The smallest absolute Gasteiger partial charge is 0.122 e. The van der Waals surface area contributed by atoms with E-state index in [1.807, 2.05) is 12.1 Å². The number of hydrogen-bond acceptors (Lipinski definition) is 4. The molecular formula is C14H16N2OS. The molecule has 4 heteroatoms. The Balaban J connectivity index is 1.82. The summed E-state index contributed by atoms with van der Waals surface area (Å²) >= 11 is 1.70. The van der Waals surface area contributed by atoms with Crippen LogP contribution in [0.25, 0.3) is 0 Å². The molecule has 1 aromatic heterocycles. The van der Waals surface area contributed by atoms with Crippen molar-refractivity contribution < 1.29 is 4.74 Å². The molecule has 0 radical (unpaired) electrons. The largest absolute Gasteiger partial charge is 0.493 e. The number of ether oxygens (including phenoxy) is 1. The molecule has 3 nitrogen and oxygen atoms in total. The van der Waals surface area contributed by atoms with Gasteiger partial charge in [0.15, 0.2) is 0 Å². The lowest BCUT2D eigenvalue weighted by Crippen LogP contribution is -2.38. The van der Waals surface area contributed by atoms with E-state index < -0.39 is 0 Å². The maximum absolute atomic E-state index is 5.82. The van der Waals surface area contributed by atoms with Gasteiger partial charge in [-0.3, -0.25) is 11.3 Å². The van der Waals surface area contributed by atoms with Crippen molar-refractivity contribution in [3.05, 3.63) is 52.2 Å². The highest BCUT2D eigenvalue weighted by molar-refractivity contribution is 7.07. The summed E-state index contributed by atoms with van der Waals surface area (Å²) in [4.78, 5) is 0. The van der Waals surface area contributed by atoms with Gasteiger partial charge >= 0.3 is 0 Å². The van der Waals surface area contributed by atoms with E-state index in [4.69, 9.17) is 10.6 Å². The zero-order valence-electron chi connectivity index (χ0n) is 10.0. The van der Waals surface area contributed by atoms with Crippen molar-refractivity contribution in [3.63, 3.8) is 0 Å². The highest BCUT2D eigenvalue weighted by Gasteiger charge is 2.27. The summed E-state index contributed by atoms with van der Waals surface area (Å²) in [5, 5.41) is 4.22. The van der Waals surface area contributed by atoms with E-state index >= 15 is 0 Å². The van der Waals surface area contributed by atoms with Crippen molar-refractivity contribution in [3.8, 4) is 5.75 Å². The quantitative estimate of drug-likeness (QED) is 0.658. The SMILES string of the molecule is NNC(c1ccsc1)C1COc2ccccc2C1. The fourth-order valence-corrected chi connectivity index (χ4v) is 3.22. The van der Waals surface area contributed by atoms with Crippen molar-refractivity contribution in [1.29, 1.82) is 0 Å². The summed E-state index contributed by atoms with van der Waals surface area (Å²) in [6.45, 7) is 0.710. The van der Waals surface area contributed by atoms with Crippen LogP contribution in [0.15, 0.2) is 41.1 Å². The molecule has 0 bridgehead atoms. The lowest BCUT2D eigenvalue weighted by atomic mass is 9.88. The van der Waals surface area contributed by atoms with Crippen LogP contribution in [0.2, 0.25) is 0 Å². The molecule has 3 rings (SSSR count). The molecule has 94 valence electrons. The van der Waals surface area contributed by atoms with Gasteiger partial charge in [-0.15, -0.1) is 0 Å². The molecule has 0 spiro atoms. The van der Waals surface area contributed by atoms with Gasteiger partial charge < -0.3 is 4.74 Å². The van der Waals surface area contributed by atoms with E-state index in [9.17, 15) is 0 Å². The Morgan fingerprint density at radius 3 is 3.00 bits per heavy atom. The number of thiophene rings is 1. The van der Waals surface area contributed by atoms with Gasteiger partial charge in [0.05, 0.1) is 12.6 Å². The fraction of sp³-hybridized carbons (Fsp3) is 0.286. The first kappa shape index (κ1) is 11.7. The average molecular weight is 260 g/mol. The second-order valence-corrected chi connectivity index (χ2v) is 5.36. The molecule has 2 aromatic rings. The minimum absolute atomic E-state index is 0.157. The first-order chi connectivity index (χ1) is 8.88. The third kappa shape index (κ3) is 2.14. The Kier molecular flexibility index (Phi) is 3.32. The molecule has 2 unspecified atom stereocenters. The van der Waals surface area contributed by atoms with Gasteiger partial charge in [-0.2, -0.15) is 11.3 Å². The van der Waals surface area contributed by atoms with E-state index in [1.54, 1.807) is 11.3 Å². The monoisotopic (exact) mass is 260 g/mol. The van der Waals surface area contributed by atoms with Crippen molar-refractivity contribution in [2.45, 2.75) is 12.5 Å². The number of para-hydroxylation sites is 1. The summed E-state index contributed by atoms with van der Waals surface area (Å²) in [5.74, 6) is 7.10. The van der Waals surface area contributed by atoms with Crippen LogP contribution in [0, 0.1) is 5.92 Å². The molecule has 0 saturated heterocycles. The van der Waals surface area contributed by atoms with Crippen LogP contribution in [0.3, 0.4) is 0 Å². The van der Waals surface area contributed by atoms with Gasteiger partial charge in [-0.1, -0.05) is 18.2 Å². The summed E-state index contributed by atoms with van der Waals surface area (Å²) in [5.41, 5.74) is 5.45. The van der Waals surface area contributed by atoms with E-state index in [2.05, 4.69) is 34.4 Å². The highest BCUT2D eigenvalue weighted by atomic mass is 32.1. The molecule has 0 fully saturated rings. The first-order valence-corrected chi connectivity index (χ1v) is 7.01. The highest BCUT2D eigenvalue weighted by Crippen LogP contribution is 2.33. The second-order valence-electron chi connectivity index (χ2n) is 4.58. The van der Waals surface area contributed by atoms with Crippen LogP contribution >= 0.6 is 11.3 Å². The zero-order chi connectivity index (χ0) is 12.4. The molecular weight excluding hydrogens is 244 g/mol. The van der Waals surface area contributed by atoms with Gasteiger partial charge in [0.25, 0.3) is 0 Å². The number of nitrogens with two attached hydrogens (primary N) is 1. The standard InChI is InChI=1S/C14H16N2OS/c15-16-14(11-5-6-18-9-11)12-7-10-3-1-2-4-13(10)17-8-12/h1-6,9,12,14,16H,7-8,15H2. The summed E-state index contributed by atoms with van der Waals surface area (Å²) in [6.07, 6.45) is 1.00. The van der Waals surface area contributed by atoms with Crippen LogP contribution < -0.4 is 16.0 Å². The lowest BCUT2D eigenvalue weighted by molar-refractivity contribution is 0.185. The van der Waals surface area contributed by atoms with Crippen molar-refractivity contribution >= 4 is 11.3 Å². The Hall–Kier alpha value is -1.36. The van der Waals surface area contributed by atoms with Gasteiger partial charge in [0.2, 0.25) is 0 Å². The topological polar surface area (TPSA) is 47.3 Å². The van der Waals surface area contributed by atoms with E-state index in [0.29, 0.717) is 12.5 Å². The van der Waals surface area contributed by atoms with Crippen LogP contribution in [0.5, 0.6) is 5.75 Å². The molecule has 0 aliphatic carbocycles. The minimum Gasteiger partial charge on any atom is -0.493 e. The predicted octanol–water partition coefficient (Wildman–Crippen LogP) is 2.50. The Labute approximate surface area is 111 Å². The number of fused-ring (bicyclic) bond motifs is 1. The summed E-state index contributed by atoms with van der Waals surface area (Å²) < 4.78 is 5.82. The lowest BCUT2D eigenvalue weighted by Gasteiger charge is -2.31. The third-order valence-corrected chi connectivity index (χ3v) is 4.16. The number of rotatable bonds is 3. The molecule has 3 N–H and O–H groups in total. The van der Waals surface area contributed by atoms with Gasteiger partial charge in [-0.05, 0) is 40.4 Å². The summed E-state index contributed by atoms with van der Waals surface area (Å²) in [7, 11) is 0. The van der Waals surface area contributed by atoms with Crippen molar-refractivity contribution in [2.24, 2.45) is 11.8 Å². The minimum atomic E-state index is 0.157. The van der Waals surface area contributed by atoms with Gasteiger partial charge in [-0.25, -0.2) is 0 Å². The van der Waals surface area contributed by atoms with Gasteiger partial charge in [0, 0.05) is 5.92 Å². The second kappa shape index (κ2) is 5.10. The van der Waals surface area contributed by atoms with Crippen molar-refractivity contribution in [2.75, 3.05) is 6.61 Å². The Morgan fingerprint density at radius 1 is 1.33 bits per heavy atom. The maximum Gasteiger partial charge on any atom is 0.122 e. The first-order valence-electron chi connectivity index (χ1n) is 6.07. The Morgan fingerprint density at radius 2 is 2.22 bits per heavy atom. The molecule has 2 heterocycles. The number of hydrogen-bond donors (Lipinski definition) is 2. The molecule has 1 aliphatic rings. The average Bonchev–Trinajstić information content (AvgIpc) is 2.93. The van der Waals surface area contributed by atoms with E-state index in [0.717, 1.165) is 12.2 Å². The van der Waals surface area contributed by atoms with Crippen molar-refractivity contribution in [1.82, 2.24) is 5.43 Å². The number of benzene rings is 1. The predicted molar refractivity (Wildman–Crippen MR) is 73.5 cm³/mol. The Bertz CT molecular complexity index is 512. The fourth-order valence-electron chi connectivity index (χ4n) is 2.52. The number of hydrazine groups is 1. The van der Waals surface area contributed by atoms with Gasteiger partial charge in [0.1, 0.15) is 5.75 Å². The normalized spacial score (nSPS) is 19.9. The van der Waals surface area contributed by atoms with Crippen LogP contribution in [-0.4, -0.2) is 6.61 Å². The molecule has 1 aromatic carbocycles. The van der Waals surface area contributed by atoms with Crippen LogP contribution in [-0.2, 0) is 6.42 Å². The van der Waals surface area contributed by atoms with E-state index in [1.165, 1.54) is 11.1 Å². The number of nitrogens with one attached hydrogen (secondary N) is 1. The molecule has 0 amide bonds. The molecule has 0 saturated carbocycles. The maximum atomic E-state index is 5.82. The summed E-state index contributed by atoms with van der Waals surface area (Å²) in [6, 6.07) is 10.5. The molecule has 1 aliphatic heterocycles. The zero-order valence-corrected chi connectivity index (χ0v) is 10.8. The third-order valence-electron chi connectivity index (χ3n) is 3.46. The van der Waals surface area contributed by atoms with Crippen LogP contribution in [0.4, 0.5) is 0 Å².